The standard InChI is InChI=1S/C15H22N4/c1-3-18-11-9-17-15(18)19(10-5-8-16)14-7-4-6-13(2)12-14/h4,6-7,9,11-12H,3,5,8,10,16H2,1-2H3. The normalized spacial score (nSPS) is 10.7. The van der Waals surface area contributed by atoms with Crippen LogP contribution in [0.5, 0.6) is 0 Å². The lowest BCUT2D eigenvalue weighted by Crippen LogP contribution is -2.24. The van der Waals surface area contributed by atoms with Crippen LogP contribution in [-0.4, -0.2) is 22.6 Å². The maximum Gasteiger partial charge on any atom is 0.209 e. The van der Waals surface area contributed by atoms with Crippen LogP contribution in [0.2, 0.25) is 0 Å². The lowest BCUT2D eigenvalue weighted by Gasteiger charge is -2.24. The molecule has 2 aromatic rings. The monoisotopic (exact) mass is 258 g/mol. The molecule has 0 fully saturated rings. The minimum Gasteiger partial charge on any atom is -0.330 e. The summed E-state index contributed by atoms with van der Waals surface area (Å²) >= 11 is 0. The number of hydrogen-bond acceptors (Lipinski definition) is 3. The van der Waals surface area contributed by atoms with Crippen molar-refractivity contribution < 1.29 is 0 Å². The molecule has 0 radical (unpaired) electrons. The third-order valence-corrected chi connectivity index (χ3v) is 3.17. The Balaban J connectivity index is 2.35. The molecule has 2 rings (SSSR count). The van der Waals surface area contributed by atoms with Crippen molar-refractivity contribution >= 4 is 11.6 Å². The van der Waals surface area contributed by atoms with Gasteiger partial charge in [0, 0.05) is 31.2 Å². The second kappa shape index (κ2) is 6.38. The second-order valence-electron chi connectivity index (χ2n) is 4.65. The van der Waals surface area contributed by atoms with E-state index in [0.29, 0.717) is 6.54 Å². The van der Waals surface area contributed by atoms with E-state index in [1.165, 1.54) is 11.3 Å². The van der Waals surface area contributed by atoms with Crippen LogP contribution in [-0.2, 0) is 6.54 Å². The number of hydrogen-bond donors (Lipinski definition) is 1. The molecular formula is C15H22N4. The predicted octanol–water partition coefficient (Wildman–Crippen LogP) is 2.70. The van der Waals surface area contributed by atoms with E-state index in [-0.39, 0.29) is 0 Å². The predicted molar refractivity (Wildman–Crippen MR) is 79.8 cm³/mol. The molecular weight excluding hydrogens is 236 g/mol. The zero-order valence-electron chi connectivity index (χ0n) is 11.7. The minimum atomic E-state index is 0.690. The molecule has 19 heavy (non-hydrogen) atoms. The van der Waals surface area contributed by atoms with Crippen molar-refractivity contribution in [2.24, 2.45) is 5.73 Å². The lowest BCUT2D eigenvalue weighted by molar-refractivity contribution is 0.722. The first-order valence-electron chi connectivity index (χ1n) is 6.81. The molecule has 0 bridgehead atoms. The van der Waals surface area contributed by atoms with E-state index in [9.17, 15) is 0 Å². The van der Waals surface area contributed by atoms with Crippen molar-refractivity contribution in [2.75, 3.05) is 18.0 Å². The Hall–Kier alpha value is -1.81. The van der Waals surface area contributed by atoms with Crippen LogP contribution in [0.25, 0.3) is 0 Å². The number of aryl methyl sites for hydroxylation is 2. The summed E-state index contributed by atoms with van der Waals surface area (Å²) in [7, 11) is 0. The number of anilines is 2. The van der Waals surface area contributed by atoms with Gasteiger partial charge in [0.15, 0.2) is 0 Å². The molecule has 0 saturated carbocycles. The molecule has 102 valence electrons. The van der Waals surface area contributed by atoms with Gasteiger partial charge in [-0.2, -0.15) is 0 Å². The third kappa shape index (κ3) is 3.15. The lowest BCUT2D eigenvalue weighted by atomic mass is 10.2. The zero-order valence-corrected chi connectivity index (χ0v) is 11.7. The van der Waals surface area contributed by atoms with Gasteiger partial charge in [-0.1, -0.05) is 12.1 Å². The molecule has 1 aromatic carbocycles. The summed E-state index contributed by atoms with van der Waals surface area (Å²) in [4.78, 5) is 6.73. The van der Waals surface area contributed by atoms with E-state index < -0.39 is 0 Å². The molecule has 0 spiro atoms. The van der Waals surface area contributed by atoms with Gasteiger partial charge in [-0.15, -0.1) is 0 Å². The van der Waals surface area contributed by atoms with E-state index >= 15 is 0 Å². The van der Waals surface area contributed by atoms with E-state index in [1.54, 1.807) is 0 Å². The summed E-state index contributed by atoms with van der Waals surface area (Å²) < 4.78 is 2.15. The van der Waals surface area contributed by atoms with Crippen molar-refractivity contribution in [1.29, 1.82) is 0 Å². The van der Waals surface area contributed by atoms with Crippen molar-refractivity contribution in [3.63, 3.8) is 0 Å². The maximum atomic E-state index is 5.65. The third-order valence-electron chi connectivity index (χ3n) is 3.17. The number of rotatable bonds is 6. The first-order chi connectivity index (χ1) is 9.26. The molecule has 0 amide bonds. The Morgan fingerprint density at radius 3 is 2.89 bits per heavy atom. The fourth-order valence-corrected chi connectivity index (χ4v) is 2.18. The van der Waals surface area contributed by atoms with Gasteiger partial charge >= 0.3 is 0 Å². The Bertz CT molecular complexity index is 518. The molecule has 0 aliphatic heterocycles. The largest absolute Gasteiger partial charge is 0.330 e. The average molecular weight is 258 g/mol. The highest BCUT2D eigenvalue weighted by molar-refractivity contribution is 5.58. The molecule has 1 aromatic heterocycles. The topological polar surface area (TPSA) is 47.1 Å². The average Bonchev–Trinajstić information content (AvgIpc) is 2.88. The fraction of sp³-hybridized carbons (Fsp3) is 0.400. The van der Waals surface area contributed by atoms with Crippen molar-refractivity contribution in [1.82, 2.24) is 9.55 Å². The highest BCUT2D eigenvalue weighted by atomic mass is 15.3. The summed E-state index contributed by atoms with van der Waals surface area (Å²) in [6.45, 7) is 6.73. The van der Waals surface area contributed by atoms with E-state index in [1.807, 2.05) is 12.4 Å². The van der Waals surface area contributed by atoms with Gasteiger partial charge in [0.2, 0.25) is 5.95 Å². The Kier molecular flexibility index (Phi) is 4.58. The highest BCUT2D eigenvalue weighted by Crippen LogP contribution is 2.24. The first kappa shape index (κ1) is 13.6. The summed E-state index contributed by atoms with van der Waals surface area (Å²) in [5, 5.41) is 0. The smallest absolute Gasteiger partial charge is 0.209 e. The summed E-state index contributed by atoms with van der Waals surface area (Å²) in [5.74, 6) is 0.988. The maximum absolute atomic E-state index is 5.65. The van der Waals surface area contributed by atoms with Gasteiger partial charge in [0.05, 0.1) is 0 Å². The fourth-order valence-electron chi connectivity index (χ4n) is 2.18. The number of aromatic nitrogens is 2. The van der Waals surface area contributed by atoms with Gasteiger partial charge in [-0.3, -0.25) is 0 Å². The minimum absolute atomic E-state index is 0.690. The molecule has 0 atom stereocenters. The van der Waals surface area contributed by atoms with Crippen LogP contribution in [0.3, 0.4) is 0 Å². The quantitative estimate of drug-likeness (QED) is 0.866. The molecule has 0 aliphatic carbocycles. The summed E-state index contributed by atoms with van der Waals surface area (Å²) in [5.41, 5.74) is 8.08. The first-order valence-corrected chi connectivity index (χ1v) is 6.81. The highest BCUT2D eigenvalue weighted by Gasteiger charge is 2.13. The van der Waals surface area contributed by atoms with Gasteiger partial charge in [0.1, 0.15) is 0 Å². The summed E-state index contributed by atoms with van der Waals surface area (Å²) in [6, 6.07) is 8.50. The SMILES string of the molecule is CCn1ccnc1N(CCCN)c1cccc(C)c1. The van der Waals surface area contributed by atoms with Crippen molar-refractivity contribution in [3.8, 4) is 0 Å². The van der Waals surface area contributed by atoms with Crippen LogP contribution in [0, 0.1) is 6.92 Å². The molecule has 1 heterocycles. The van der Waals surface area contributed by atoms with E-state index in [2.05, 4.69) is 52.6 Å². The number of nitrogens with zero attached hydrogens (tertiary/aromatic N) is 3. The zero-order chi connectivity index (χ0) is 13.7. The molecule has 2 N–H and O–H groups in total. The van der Waals surface area contributed by atoms with Gasteiger partial charge < -0.3 is 15.2 Å². The van der Waals surface area contributed by atoms with Crippen LogP contribution in [0.15, 0.2) is 36.7 Å². The Labute approximate surface area is 114 Å². The summed E-state index contributed by atoms with van der Waals surface area (Å²) in [6.07, 6.45) is 4.81. The van der Waals surface area contributed by atoms with Crippen LogP contribution >= 0.6 is 0 Å². The molecule has 4 nitrogen and oxygen atoms in total. The van der Waals surface area contributed by atoms with E-state index in [0.717, 1.165) is 25.5 Å². The van der Waals surface area contributed by atoms with Gasteiger partial charge in [-0.05, 0) is 44.5 Å². The molecule has 0 saturated heterocycles. The van der Waals surface area contributed by atoms with Crippen molar-refractivity contribution in [2.45, 2.75) is 26.8 Å². The number of benzene rings is 1. The molecule has 4 heteroatoms. The van der Waals surface area contributed by atoms with Gasteiger partial charge in [-0.25, -0.2) is 4.98 Å². The van der Waals surface area contributed by atoms with Crippen molar-refractivity contribution in [3.05, 3.63) is 42.2 Å². The number of nitrogens with two attached hydrogens (primary N) is 1. The Morgan fingerprint density at radius 2 is 2.21 bits per heavy atom. The Morgan fingerprint density at radius 1 is 1.37 bits per heavy atom. The second-order valence-corrected chi connectivity index (χ2v) is 4.65. The molecule has 0 aliphatic rings. The van der Waals surface area contributed by atoms with Crippen LogP contribution in [0.1, 0.15) is 18.9 Å². The molecule has 0 unspecified atom stereocenters. The van der Waals surface area contributed by atoms with Crippen LogP contribution < -0.4 is 10.6 Å². The van der Waals surface area contributed by atoms with E-state index in [4.69, 9.17) is 5.73 Å². The van der Waals surface area contributed by atoms with Crippen LogP contribution in [0.4, 0.5) is 11.6 Å². The number of imidazole rings is 1. The van der Waals surface area contributed by atoms with Gasteiger partial charge in [0.25, 0.3) is 0 Å².